The van der Waals surface area contributed by atoms with Gasteiger partial charge in [-0.15, -0.1) is 0 Å². The summed E-state index contributed by atoms with van der Waals surface area (Å²) in [4.78, 5) is 4.78. The zero-order valence-electron chi connectivity index (χ0n) is 31.7. The Labute approximate surface area is 338 Å². The van der Waals surface area contributed by atoms with Gasteiger partial charge < -0.3 is 23.0 Å². The van der Waals surface area contributed by atoms with E-state index in [1.807, 2.05) is 0 Å². The number of rotatable bonds is 6. The van der Waals surface area contributed by atoms with Gasteiger partial charge in [0.1, 0.15) is 22.2 Å². The van der Waals surface area contributed by atoms with E-state index >= 15 is 0 Å². The van der Waals surface area contributed by atoms with E-state index in [1.54, 1.807) is 0 Å². The lowest BCUT2D eigenvalue weighted by atomic mass is 10.0. The van der Waals surface area contributed by atoms with Gasteiger partial charge in [-0.2, -0.15) is 0 Å². The summed E-state index contributed by atoms with van der Waals surface area (Å²) < 4.78 is 16.5. The number of furan rings is 2. The predicted molar refractivity (Wildman–Crippen MR) is 245 cm³/mol. The highest BCUT2D eigenvalue weighted by molar-refractivity contribution is 6.36. The Morgan fingerprint density at radius 3 is 1.03 bits per heavy atom. The molecule has 0 aliphatic carbocycles. The molecule has 5 heteroatoms. The highest BCUT2D eigenvalue weighted by atomic mass is 16.3. The molecule has 0 unspecified atom stereocenters. The van der Waals surface area contributed by atoms with Crippen LogP contribution in [0.2, 0.25) is 0 Å². The van der Waals surface area contributed by atoms with Crippen molar-refractivity contribution in [1.29, 1.82) is 0 Å². The van der Waals surface area contributed by atoms with Crippen molar-refractivity contribution in [3.63, 3.8) is 0 Å². The maximum absolute atomic E-state index is 7.03. The number of hydrogen-bond donors (Lipinski definition) is 0. The van der Waals surface area contributed by atoms with Gasteiger partial charge in [0, 0.05) is 65.8 Å². The monoisotopic (exact) mass is 755 g/mol. The predicted octanol–water partition coefficient (Wildman–Crippen LogP) is 15.6. The normalized spacial score (nSPS) is 12.1. The van der Waals surface area contributed by atoms with Crippen LogP contribution in [0, 0.1) is 0 Å². The van der Waals surface area contributed by atoms with E-state index in [1.165, 1.54) is 0 Å². The van der Waals surface area contributed by atoms with Crippen LogP contribution in [-0.4, -0.2) is 4.40 Å². The number of fused-ring (bicyclic) bond motifs is 14. The Balaban J connectivity index is 1.29. The van der Waals surface area contributed by atoms with Gasteiger partial charge >= 0.3 is 0 Å². The molecule has 0 amide bonds. The van der Waals surface area contributed by atoms with Crippen LogP contribution in [0.15, 0.2) is 209 Å². The second kappa shape index (κ2) is 12.2. The molecular weight excluding hydrogens is 723 g/mol. The second-order valence-electron chi connectivity index (χ2n) is 15.2. The Hall–Kier alpha value is -8.02. The van der Waals surface area contributed by atoms with Gasteiger partial charge in [0.15, 0.2) is 11.2 Å². The zero-order valence-corrected chi connectivity index (χ0v) is 31.7. The maximum atomic E-state index is 7.03. The highest BCUT2D eigenvalue weighted by Gasteiger charge is 2.31. The quantitative estimate of drug-likeness (QED) is 0.169. The van der Waals surface area contributed by atoms with Crippen LogP contribution in [0.4, 0.5) is 34.1 Å². The third-order valence-corrected chi connectivity index (χ3v) is 12.0. The average molecular weight is 756 g/mol. The number of para-hydroxylation sites is 7. The van der Waals surface area contributed by atoms with E-state index in [0.717, 1.165) is 116 Å². The lowest BCUT2D eigenvalue weighted by Gasteiger charge is -2.27. The summed E-state index contributed by atoms with van der Waals surface area (Å²) in [5, 5.41) is 8.78. The van der Waals surface area contributed by atoms with Crippen molar-refractivity contribution in [3.8, 4) is 0 Å². The van der Waals surface area contributed by atoms with Gasteiger partial charge in [0.05, 0.1) is 16.9 Å². The third kappa shape index (κ3) is 4.50. The van der Waals surface area contributed by atoms with E-state index in [2.05, 4.69) is 214 Å². The van der Waals surface area contributed by atoms with Crippen LogP contribution in [0.3, 0.4) is 0 Å². The summed E-state index contributed by atoms with van der Waals surface area (Å²) in [6, 6.07) is 70.9. The van der Waals surface area contributed by atoms with Gasteiger partial charge in [0.25, 0.3) is 0 Å². The molecule has 0 aliphatic heterocycles. The molecule has 0 saturated carbocycles. The smallest absolute Gasteiger partial charge is 0.160 e. The molecule has 0 radical (unpaired) electrons. The maximum Gasteiger partial charge on any atom is 0.160 e. The number of nitrogens with zero attached hydrogens (tertiary/aromatic N) is 3. The van der Waals surface area contributed by atoms with Gasteiger partial charge in [0.2, 0.25) is 0 Å². The Morgan fingerprint density at radius 2 is 0.644 bits per heavy atom. The fourth-order valence-corrected chi connectivity index (χ4v) is 9.65. The van der Waals surface area contributed by atoms with Crippen LogP contribution in [0.25, 0.3) is 82.0 Å². The molecule has 0 atom stereocenters. The highest BCUT2D eigenvalue weighted by Crippen LogP contribution is 2.54. The molecule has 5 nitrogen and oxygen atoms in total. The van der Waals surface area contributed by atoms with Crippen molar-refractivity contribution in [3.05, 3.63) is 200 Å². The van der Waals surface area contributed by atoms with Gasteiger partial charge in [-0.05, 0) is 72.8 Å². The molecule has 0 saturated heterocycles. The van der Waals surface area contributed by atoms with Crippen molar-refractivity contribution < 1.29 is 8.83 Å². The summed E-state index contributed by atoms with van der Waals surface area (Å²) in [6.07, 6.45) is 0. The summed E-state index contributed by atoms with van der Waals surface area (Å²) in [5.74, 6) is 0. The lowest BCUT2D eigenvalue weighted by molar-refractivity contribution is 0.670. The first kappa shape index (κ1) is 32.1. The van der Waals surface area contributed by atoms with Gasteiger partial charge in [-0.1, -0.05) is 127 Å². The van der Waals surface area contributed by atoms with Crippen LogP contribution in [0.1, 0.15) is 0 Å². The van der Waals surface area contributed by atoms with E-state index in [-0.39, 0.29) is 0 Å². The fourth-order valence-electron chi connectivity index (χ4n) is 9.65. The minimum Gasteiger partial charge on any atom is -0.454 e. The second-order valence-corrected chi connectivity index (χ2v) is 15.2. The lowest BCUT2D eigenvalue weighted by Crippen LogP contribution is -2.10. The van der Waals surface area contributed by atoms with Crippen LogP contribution in [0.5, 0.6) is 0 Å². The number of aromatic nitrogens is 1. The van der Waals surface area contributed by atoms with Crippen molar-refractivity contribution in [2.24, 2.45) is 0 Å². The summed E-state index contributed by atoms with van der Waals surface area (Å²) in [5.41, 5.74) is 13.0. The zero-order chi connectivity index (χ0) is 38.6. The van der Waals surface area contributed by atoms with E-state index < -0.39 is 0 Å². The van der Waals surface area contributed by atoms with Crippen LogP contribution >= 0.6 is 0 Å². The fraction of sp³-hybridized carbons (Fsp3) is 0. The molecule has 4 heterocycles. The van der Waals surface area contributed by atoms with Gasteiger partial charge in [-0.25, -0.2) is 0 Å². The Morgan fingerprint density at radius 1 is 0.305 bits per heavy atom. The topological polar surface area (TPSA) is 37.2 Å². The van der Waals surface area contributed by atoms with Crippen molar-refractivity contribution in [1.82, 2.24) is 4.40 Å². The van der Waals surface area contributed by atoms with E-state index in [0.29, 0.717) is 0 Å². The average Bonchev–Trinajstić information content (AvgIpc) is 4.06. The summed E-state index contributed by atoms with van der Waals surface area (Å²) in [6.45, 7) is 0. The molecule has 0 spiro atoms. The van der Waals surface area contributed by atoms with Gasteiger partial charge in [-0.3, -0.25) is 0 Å². The molecule has 9 aromatic carbocycles. The number of benzene rings is 9. The first-order chi connectivity index (χ1) is 29.3. The first-order valence-corrected chi connectivity index (χ1v) is 20.0. The minimum absolute atomic E-state index is 0.846. The molecule has 4 aromatic heterocycles. The number of hydrogen-bond acceptors (Lipinski definition) is 4. The molecule has 59 heavy (non-hydrogen) atoms. The standard InChI is InChI=1S/C54H33N3O2/c1-5-18-34(19-6-1)55(35-20-7-2-8-21-35)44-32-42-38-26-13-15-30-46(38)58-53(42)51-48(44)40-28-17-29-41-49-45(56(36-22-9-3-10-23-36)37-24-11-4-12-25-37)33-43-39-27-14-16-31-47(39)59-54(43)52(49)57(51)50(40)41/h1-33H. The molecule has 13 aromatic rings. The van der Waals surface area contributed by atoms with Crippen molar-refractivity contribution >= 4 is 116 Å². The minimum atomic E-state index is 0.846. The van der Waals surface area contributed by atoms with Crippen molar-refractivity contribution in [2.45, 2.75) is 0 Å². The van der Waals surface area contributed by atoms with Crippen molar-refractivity contribution in [2.75, 3.05) is 9.80 Å². The molecule has 276 valence electrons. The Bertz CT molecular complexity index is 3400. The summed E-state index contributed by atoms with van der Waals surface area (Å²) >= 11 is 0. The first-order valence-electron chi connectivity index (χ1n) is 20.0. The molecular formula is C54H33N3O2. The molecule has 0 N–H and O–H groups in total. The number of anilines is 6. The van der Waals surface area contributed by atoms with E-state index in [9.17, 15) is 0 Å². The molecule has 0 bridgehead atoms. The Kier molecular flexibility index (Phi) is 6.66. The molecule has 13 rings (SSSR count). The van der Waals surface area contributed by atoms with Crippen LogP contribution in [-0.2, 0) is 0 Å². The van der Waals surface area contributed by atoms with E-state index in [4.69, 9.17) is 8.83 Å². The third-order valence-electron chi connectivity index (χ3n) is 12.0. The molecule has 0 aliphatic rings. The molecule has 0 fully saturated rings. The summed E-state index contributed by atoms with van der Waals surface area (Å²) in [7, 11) is 0. The largest absolute Gasteiger partial charge is 0.454 e. The van der Waals surface area contributed by atoms with Crippen LogP contribution < -0.4 is 9.80 Å². The SMILES string of the molecule is c1ccc(N(c2ccccc2)c2cc3c4ccccc4oc3c3c2c2cccc4c5c(N(c6ccccc6)c6ccccc6)cc6c7ccccc7oc6c5n3c24)cc1.